The number of aliphatic hydroxyl groups is 1. The molecule has 1 atom stereocenters. The Bertz CT molecular complexity index is 398. The molecule has 1 nitrogen and oxygen atoms in total. The van der Waals surface area contributed by atoms with E-state index in [4.69, 9.17) is 0 Å². The molecule has 1 N–H and O–H groups in total. The minimum absolute atomic E-state index is 0.232. The SMILES string of the molecule is OC(Cc1cccc(F)c1)C1=CCCCCC1. The Hall–Kier alpha value is -1.15. The first kappa shape index (κ1) is 12.3. The van der Waals surface area contributed by atoms with Crippen LogP contribution in [0.5, 0.6) is 0 Å². The summed E-state index contributed by atoms with van der Waals surface area (Å²) in [5.74, 6) is -0.232. The quantitative estimate of drug-likeness (QED) is 0.792. The number of allylic oxidation sites excluding steroid dienone is 1. The first-order chi connectivity index (χ1) is 8.25. The second-order valence-electron chi connectivity index (χ2n) is 4.73. The summed E-state index contributed by atoms with van der Waals surface area (Å²) in [6, 6.07) is 6.49. The van der Waals surface area contributed by atoms with Gasteiger partial charge in [-0.15, -0.1) is 0 Å². The van der Waals surface area contributed by atoms with Crippen molar-refractivity contribution < 1.29 is 9.50 Å². The lowest BCUT2D eigenvalue weighted by Crippen LogP contribution is -2.13. The lowest BCUT2D eigenvalue weighted by Gasteiger charge is -2.14. The number of halogens is 1. The fourth-order valence-corrected chi connectivity index (χ4v) is 2.36. The topological polar surface area (TPSA) is 20.2 Å². The van der Waals surface area contributed by atoms with E-state index in [-0.39, 0.29) is 5.82 Å². The van der Waals surface area contributed by atoms with E-state index in [2.05, 4.69) is 6.08 Å². The van der Waals surface area contributed by atoms with Gasteiger partial charge in [-0.25, -0.2) is 4.39 Å². The second kappa shape index (κ2) is 5.97. The summed E-state index contributed by atoms with van der Waals surface area (Å²) in [4.78, 5) is 0. The third-order valence-corrected chi connectivity index (χ3v) is 3.32. The molecule has 92 valence electrons. The Morgan fingerprint density at radius 2 is 2.12 bits per heavy atom. The van der Waals surface area contributed by atoms with Crippen LogP contribution >= 0.6 is 0 Å². The molecule has 1 aromatic carbocycles. The highest BCUT2D eigenvalue weighted by atomic mass is 19.1. The predicted octanol–water partition coefficient (Wildman–Crippen LogP) is 3.62. The maximum absolute atomic E-state index is 13.0. The van der Waals surface area contributed by atoms with E-state index in [0.717, 1.165) is 30.4 Å². The Balaban J connectivity index is 2.00. The van der Waals surface area contributed by atoms with Gasteiger partial charge in [0.15, 0.2) is 0 Å². The number of aliphatic hydroxyl groups excluding tert-OH is 1. The lowest BCUT2D eigenvalue weighted by atomic mass is 9.98. The van der Waals surface area contributed by atoms with Crippen LogP contribution < -0.4 is 0 Å². The van der Waals surface area contributed by atoms with E-state index in [1.165, 1.54) is 25.0 Å². The van der Waals surface area contributed by atoms with Crippen LogP contribution in [0.15, 0.2) is 35.9 Å². The lowest BCUT2D eigenvalue weighted by molar-refractivity contribution is 0.206. The van der Waals surface area contributed by atoms with Crippen molar-refractivity contribution in [1.82, 2.24) is 0 Å². The van der Waals surface area contributed by atoms with Gasteiger partial charge in [-0.2, -0.15) is 0 Å². The van der Waals surface area contributed by atoms with Gasteiger partial charge in [0.25, 0.3) is 0 Å². The average Bonchev–Trinajstić information content (AvgIpc) is 2.57. The zero-order valence-electron chi connectivity index (χ0n) is 10.0. The molecule has 0 saturated carbocycles. The number of benzene rings is 1. The van der Waals surface area contributed by atoms with E-state index in [0.29, 0.717) is 6.42 Å². The van der Waals surface area contributed by atoms with Crippen LogP contribution in [0.3, 0.4) is 0 Å². The van der Waals surface area contributed by atoms with Gasteiger partial charge in [0.2, 0.25) is 0 Å². The molecule has 0 amide bonds. The minimum Gasteiger partial charge on any atom is -0.388 e. The monoisotopic (exact) mass is 234 g/mol. The Labute approximate surface area is 102 Å². The molecular weight excluding hydrogens is 215 g/mol. The molecule has 1 aliphatic carbocycles. The molecule has 1 aromatic rings. The van der Waals surface area contributed by atoms with Crippen molar-refractivity contribution in [2.24, 2.45) is 0 Å². The summed E-state index contributed by atoms with van der Waals surface area (Å²) in [7, 11) is 0. The van der Waals surface area contributed by atoms with Gasteiger partial charge in [-0.1, -0.05) is 24.6 Å². The van der Waals surface area contributed by atoms with Crippen LogP contribution in [-0.2, 0) is 6.42 Å². The van der Waals surface area contributed by atoms with Crippen molar-refractivity contribution >= 4 is 0 Å². The predicted molar refractivity (Wildman–Crippen MR) is 67.3 cm³/mol. The normalized spacial score (nSPS) is 18.4. The van der Waals surface area contributed by atoms with Gasteiger partial charge in [-0.05, 0) is 49.0 Å². The van der Waals surface area contributed by atoms with Crippen LogP contribution in [0.25, 0.3) is 0 Å². The maximum atomic E-state index is 13.0. The van der Waals surface area contributed by atoms with E-state index < -0.39 is 6.10 Å². The molecule has 0 radical (unpaired) electrons. The molecule has 0 aromatic heterocycles. The zero-order valence-corrected chi connectivity index (χ0v) is 10.0. The molecule has 0 saturated heterocycles. The van der Waals surface area contributed by atoms with Gasteiger partial charge in [-0.3, -0.25) is 0 Å². The van der Waals surface area contributed by atoms with Crippen molar-refractivity contribution in [1.29, 1.82) is 0 Å². The van der Waals surface area contributed by atoms with Crippen molar-refractivity contribution in [2.75, 3.05) is 0 Å². The van der Waals surface area contributed by atoms with Gasteiger partial charge in [0.05, 0.1) is 6.10 Å². The number of rotatable bonds is 3. The number of hydrogen-bond donors (Lipinski definition) is 1. The summed E-state index contributed by atoms with van der Waals surface area (Å²) in [6.45, 7) is 0. The van der Waals surface area contributed by atoms with Gasteiger partial charge in [0.1, 0.15) is 5.82 Å². The van der Waals surface area contributed by atoms with Crippen LogP contribution in [0.4, 0.5) is 4.39 Å². The van der Waals surface area contributed by atoms with E-state index in [1.54, 1.807) is 6.07 Å². The van der Waals surface area contributed by atoms with Gasteiger partial charge >= 0.3 is 0 Å². The summed E-state index contributed by atoms with van der Waals surface area (Å²) in [5, 5.41) is 10.2. The van der Waals surface area contributed by atoms with Gasteiger partial charge in [0, 0.05) is 6.42 Å². The summed E-state index contributed by atoms with van der Waals surface area (Å²) >= 11 is 0. The van der Waals surface area contributed by atoms with Crippen molar-refractivity contribution in [2.45, 2.75) is 44.6 Å². The Morgan fingerprint density at radius 1 is 1.24 bits per heavy atom. The maximum Gasteiger partial charge on any atom is 0.123 e. The molecule has 0 aliphatic heterocycles. The summed E-state index contributed by atoms with van der Waals surface area (Å²) < 4.78 is 13.0. The molecule has 2 heteroatoms. The smallest absolute Gasteiger partial charge is 0.123 e. The van der Waals surface area contributed by atoms with E-state index >= 15 is 0 Å². The molecule has 1 unspecified atom stereocenters. The second-order valence-corrected chi connectivity index (χ2v) is 4.73. The first-order valence-corrected chi connectivity index (χ1v) is 6.37. The number of hydrogen-bond acceptors (Lipinski definition) is 1. The third-order valence-electron chi connectivity index (χ3n) is 3.32. The fraction of sp³-hybridized carbons (Fsp3) is 0.467. The summed E-state index contributed by atoms with van der Waals surface area (Å²) in [6.07, 6.45) is 7.90. The molecule has 17 heavy (non-hydrogen) atoms. The largest absolute Gasteiger partial charge is 0.388 e. The van der Waals surface area contributed by atoms with Crippen molar-refractivity contribution in [3.63, 3.8) is 0 Å². The third kappa shape index (κ3) is 3.67. The molecule has 0 fully saturated rings. The molecule has 1 aliphatic rings. The van der Waals surface area contributed by atoms with Gasteiger partial charge < -0.3 is 5.11 Å². The van der Waals surface area contributed by atoms with Crippen LogP contribution in [0.1, 0.15) is 37.7 Å². The van der Waals surface area contributed by atoms with E-state index in [9.17, 15) is 9.50 Å². The molecular formula is C15H19FO. The highest BCUT2D eigenvalue weighted by Crippen LogP contribution is 2.22. The van der Waals surface area contributed by atoms with Crippen LogP contribution in [-0.4, -0.2) is 11.2 Å². The molecule has 0 spiro atoms. The molecule has 2 rings (SSSR count). The average molecular weight is 234 g/mol. The molecule has 0 bridgehead atoms. The van der Waals surface area contributed by atoms with Crippen molar-refractivity contribution in [3.05, 3.63) is 47.3 Å². The van der Waals surface area contributed by atoms with Crippen LogP contribution in [0, 0.1) is 5.82 Å². The van der Waals surface area contributed by atoms with Crippen LogP contribution in [0.2, 0.25) is 0 Å². The molecule has 0 heterocycles. The highest BCUT2D eigenvalue weighted by Gasteiger charge is 2.13. The summed E-state index contributed by atoms with van der Waals surface area (Å²) in [5.41, 5.74) is 1.99. The zero-order chi connectivity index (χ0) is 12.1. The fourth-order valence-electron chi connectivity index (χ4n) is 2.36. The Morgan fingerprint density at radius 3 is 2.94 bits per heavy atom. The van der Waals surface area contributed by atoms with E-state index in [1.807, 2.05) is 6.07 Å². The minimum atomic E-state index is -0.449. The Kier molecular flexibility index (Phi) is 4.32. The van der Waals surface area contributed by atoms with Crippen molar-refractivity contribution in [3.8, 4) is 0 Å². The highest BCUT2D eigenvalue weighted by molar-refractivity contribution is 5.20. The standard InChI is InChI=1S/C15H19FO/c16-14-9-5-6-12(10-14)11-15(17)13-7-3-1-2-4-8-13/h5-7,9-10,15,17H,1-4,8,11H2. The first-order valence-electron chi connectivity index (χ1n) is 6.37.